The van der Waals surface area contributed by atoms with E-state index in [-0.39, 0.29) is 21.2 Å². The summed E-state index contributed by atoms with van der Waals surface area (Å²) in [6.07, 6.45) is 0. The first-order chi connectivity index (χ1) is 11.5. The fourth-order valence-electron chi connectivity index (χ4n) is 2.28. The summed E-state index contributed by atoms with van der Waals surface area (Å²) in [5.74, 6) is 0.118. The van der Waals surface area contributed by atoms with Gasteiger partial charge in [0.05, 0.1) is 24.2 Å². The Balaban J connectivity index is 2.52. The lowest BCUT2D eigenvalue weighted by molar-refractivity contribution is 0.400. The molecule has 2 aromatic rings. The molecule has 0 unspecified atom stereocenters. The van der Waals surface area contributed by atoms with Crippen molar-refractivity contribution in [2.24, 2.45) is 0 Å². The first-order valence-electron chi connectivity index (χ1n) is 7.15. The van der Waals surface area contributed by atoms with E-state index in [9.17, 15) is 16.8 Å². The molecule has 0 aliphatic carbocycles. The topological polar surface area (TPSA) is 121 Å². The Hall–Kier alpha value is -2.11. The normalized spacial score (nSPS) is 12.4. The second-order valence-electron chi connectivity index (χ2n) is 5.52. The molecule has 0 bridgehead atoms. The van der Waals surface area contributed by atoms with Crippen molar-refractivity contribution in [2.45, 2.75) is 23.6 Å². The van der Waals surface area contributed by atoms with E-state index in [0.717, 1.165) is 4.31 Å². The van der Waals surface area contributed by atoms with Crippen molar-refractivity contribution in [3.63, 3.8) is 0 Å². The summed E-state index contributed by atoms with van der Waals surface area (Å²) < 4.78 is 58.5. The highest BCUT2D eigenvalue weighted by Gasteiger charge is 2.26. The number of nitrogens with zero attached hydrogens (tertiary/aromatic N) is 2. The van der Waals surface area contributed by atoms with Gasteiger partial charge in [-0.25, -0.2) is 21.1 Å². The van der Waals surface area contributed by atoms with Crippen molar-refractivity contribution in [3.8, 4) is 5.75 Å². The number of ether oxygens (including phenoxy) is 1. The molecule has 9 nitrogen and oxygen atoms in total. The van der Waals surface area contributed by atoms with Gasteiger partial charge in [0.15, 0.2) is 0 Å². The van der Waals surface area contributed by atoms with E-state index in [1.165, 1.54) is 39.4 Å². The highest BCUT2D eigenvalue weighted by atomic mass is 32.2. The Morgan fingerprint density at radius 1 is 1.16 bits per heavy atom. The van der Waals surface area contributed by atoms with Crippen LogP contribution in [0.15, 0.2) is 28.0 Å². The van der Waals surface area contributed by atoms with Gasteiger partial charge in [-0.15, -0.1) is 0 Å². The van der Waals surface area contributed by atoms with Gasteiger partial charge in [0.2, 0.25) is 10.0 Å². The quantitative estimate of drug-likeness (QED) is 0.764. The fourth-order valence-corrected chi connectivity index (χ4v) is 4.78. The number of benzene rings is 1. The van der Waals surface area contributed by atoms with Crippen molar-refractivity contribution >= 4 is 25.7 Å². The Morgan fingerprint density at radius 3 is 2.28 bits per heavy atom. The minimum atomic E-state index is -3.93. The van der Waals surface area contributed by atoms with Crippen molar-refractivity contribution in [3.05, 3.63) is 29.6 Å². The second kappa shape index (κ2) is 6.65. The van der Waals surface area contributed by atoms with Crippen LogP contribution >= 0.6 is 0 Å². The van der Waals surface area contributed by atoms with Crippen molar-refractivity contribution in [1.82, 2.24) is 14.5 Å². The molecule has 0 saturated heterocycles. The molecule has 0 aliphatic rings. The average Bonchev–Trinajstić information content (AvgIpc) is 2.86. The maximum atomic E-state index is 12.6. The summed E-state index contributed by atoms with van der Waals surface area (Å²) in [5, 5.41) is 6.47. The third-order valence-corrected chi connectivity index (χ3v) is 6.98. The van der Waals surface area contributed by atoms with Crippen LogP contribution in [0.1, 0.15) is 11.4 Å². The van der Waals surface area contributed by atoms with E-state index in [1.807, 2.05) is 0 Å². The molecule has 0 spiro atoms. The van der Waals surface area contributed by atoms with Gasteiger partial charge in [-0.05, 0) is 32.0 Å². The zero-order chi connectivity index (χ0) is 19.0. The van der Waals surface area contributed by atoms with Crippen LogP contribution in [0.2, 0.25) is 0 Å². The van der Waals surface area contributed by atoms with Crippen LogP contribution in [0, 0.1) is 13.8 Å². The van der Waals surface area contributed by atoms with Crippen molar-refractivity contribution in [2.75, 3.05) is 25.9 Å². The standard InChI is InChI=1S/C14H20N4O5S2/c1-9-14(10(2)16-15-9)24(19,20)17-11-6-7-12(23-5)13(8-11)25(21,22)18(3)4/h6-8,17H,1-5H3,(H,15,16). The van der Waals surface area contributed by atoms with E-state index in [0.29, 0.717) is 11.4 Å². The number of nitrogens with one attached hydrogen (secondary N) is 2. The molecule has 1 heterocycles. The third-order valence-electron chi connectivity index (χ3n) is 3.50. The smallest absolute Gasteiger partial charge is 0.265 e. The SMILES string of the molecule is COc1ccc(NS(=O)(=O)c2c(C)n[nH]c2C)cc1S(=O)(=O)N(C)C. The largest absolute Gasteiger partial charge is 0.495 e. The first-order valence-corrected chi connectivity index (χ1v) is 10.1. The monoisotopic (exact) mass is 388 g/mol. The fraction of sp³-hybridized carbons (Fsp3) is 0.357. The lowest BCUT2D eigenvalue weighted by Crippen LogP contribution is -2.23. The van der Waals surface area contributed by atoms with E-state index in [4.69, 9.17) is 4.74 Å². The van der Waals surface area contributed by atoms with Crippen LogP contribution in [0.4, 0.5) is 5.69 Å². The molecule has 0 fully saturated rings. The van der Waals surface area contributed by atoms with Crippen molar-refractivity contribution in [1.29, 1.82) is 0 Å². The minimum Gasteiger partial charge on any atom is -0.495 e. The molecule has 1 aromatic carbocycles. The number of H-pyrrole nitrogens is 1. The lowest BCUT2D eigenvalue weighted by Gasteiger charge is -2.16. The number of aryl methyl sites for hydroxylation is 2. The average molecular weight is 388 g/mol. The van der Waals surface area contributed by atoms with Gasteiger partial charge >= 0.3 is 0 Å². The predicted octanol–water partition coefficient (Wildman–Crippen LogP) is 1.09. The zero-order valence-electron chi connectivity index (χ0n) is 14.5. The number of hydrogen-bond acceptors (Lipinski definition) is 6. The summed E-state index contributed by atoms with van der Waals surface area (Å²) in [6.45, 7) is 3.15. The highest BCUT2D eigenvalue weighted by molar-refractivity contribution is 7.92. The van der Waals surface area contributed by atoms with E-state index < -0.39 is 20.0 Å². The third kappa shape index (κ3) is 3.62. The predicted molar refractivity (Wildman–Crippen MR) is 92.7 cm³/mol. The van der Waals surface area contributed by atoms with Gasteiger partial charge in [0, 0.05) is 14.1 Å². The molecule has 1 aromatic heterocycles. The Morgan fingerprint density at radius 2 is 1.80 bits per heavy atom. The molecular weight excluding hydrogens is 368 g/mol. The molecule has 0 amide bonds. The summed E-state index contributed by atoms with van der Waals surface area (Å²) in [5.41, 5.74) is 0.806. The number of aromatic amines is 1. The lowest BCUT2D eigenvalue weighted by atomic mass is 10.3. The van der Waals surface area contributed by atoms with Crippen LogP contribution in [0.5, 0.6) is 5.75 Å². The van der Waals surface area contributed by atoms with Gasteiger partial charge in [-0.1, -0.05) is 0 Å². The molecule has 2 rings (SSSR count). The number of sulfonamides is 2. The van der Waals surface area contributed by atoms with E-state index >= 15 is 0 Å². The van der Waals surface area contributed by atoms with Gasteiger partial charge in [0.25, 0.3) is 10.0 Å². The molecule has 0 atom stereocenters. The van der Waals surface area contributed by atoms with E-state index in [2.05, 4.69) is 14.9 Å². The second-order valence-corrected chi connectivity index (χ2v) is 9.26. The maximum Gasteiger partial charge on any atom is 0.265 e. The zero-order valence-corrected chi connectivity index (χ0v) is 16.1. The Kier molecular flexibility index (Phi) is 5.11. The number of anilines is 1. The van der Waals surface area contributed by atoms with Gasteiger partial charge < -0.3 is 4.74 Å². The Bertz CT molecular complexity index is 975. The minimum absolute atomic E-state index is 0.0281. The van der Waals surface area contributed by atoms with Gasteiger partial charge in [0.1, 0.15) is 15.5 Å². The molecule has 2 N–H and O–H groups in total. The highest BCUT2D eigenvalue weighted by Crippen LogP contribution is 2.30. The van der Waals surface area contributed by atoms with Crippen LogP contribution in [-0.4, -0.2) is 52.5 Å². The molecular formula is C14H20N4O5S2. The summed E-state index contributed by atoms with van der Waals surface area (Å²) >= 11 is 0. The van der Waals surface area contributed by atoms with Crippen LogP contribution < -0.4 is 9.46 Å². The van der Waals surface area contributed by atoms with Crippen LogP contribution in [0.25, 0.3) is 0 Å². The summed E-state index contributed by atoms with van der Waals surface area (Å²) in [4.78, 5) is -0.110. The van der Waals surface area contributed by atoms with Crippen LogP contribution in [0.3, 0.4) is 0 Å². The molecule has 0 aliphatic heterocycles. The number of rotatable bonds is 6. The van der Waals surface area contributed by atoms with Gasteiger partial charge in [-0.2, -0.15) is 5.10 Å². The van der Waals surface area contributed by atoms with E-state index in [1.54, 1.807) is 13.8 Å². The summed E-state index contributed by atoms with van der Waals surface area (Å²) in [7, 11) is -3.64. The molecule has 0 saturated carbocycles. The molecule has 25 heavy (non-hydrogen) atoms. The summed E-state index contributed by atoms with van der Waals surface area (Å²) in [6, 6.07) is 4.04. The van der Waals surface area contributed by atoms with Crippen molar-refractivity contribution < 1.29 is 21.6 Å². The Labute approximate surface area is 147 Å². The number of hydrogen-bond donors (Lipinski definition) is 2. The number of methoxy groups -OCH3 is 1. The number of aromatic nitrogens is 2. The van der Waals surface area contributed by atoms with Gasteiger partial charge in [-0.3, -0.25) is 9.82 Å². The molecule has 0 radical (unpaired) electrons. The van der Waals surface area contributed by atoms with Crippen LogP contribution in [-0.2, 0) is 20.0 Å². The first kappa shape index (κ1) is 19.2. The maximum absolute atomic E-state index is 12.6. The molecule has 138 valence electrons. The molecule has 11 heteroatoms.